The first kappa shape index (κ1) is 13.5. The molecule has 1 aromatic carbocycles. The summed E-state index contributed by atoms with van der Waals surface area (Å²) in [4.78, 5) is 11.3. The molecule has 0 aromatic heterocycles. The van der Waals surface area contributed by atoms with E-state index < -0.39 is 0 Å². The molecule has 0 unspecified atom stereocenters. The van der Waals surface area contributed by atoms with Crippen molar-refractivity contribution >= 4 is 5.97 Å². The molecule has 0 saturated carbocycles. The highest BCUT2D eigenvalue weighted by atomic mass is 16.5. The summed E-state index contributed by atoms with van der Waals surface area (Å²) in [5, 5.41) is 2.75. The number of likely N-dealkylation sites (N-methyl/N-ethyl adjacent to an activating group) is 1. The van der Waals surface area contributed by atoms with E-state index in [-0.39, 0.29) is 19.1 Å². The molecular weight excluding hydrogens is 218 g/mol. The van der Waals surface area contributed by atoms with Gasteiger partial charge in [-0.15, -0.1) is 0 Å². The third-order valence-corrected chi connectivity index (χ3v) is 2.41. The van der Waals surface area contributed by atoms with Crippen LogP contribution >= 0.6 is 0 Å². The Hall–Kier alpha value is -1.55. The number of benzene rings is 1. The Labute approximate surface area is 102 Å². The number of nitrogens with one attached hydrogen (secondary N) is 1. The van der Waals surface area contributed by atoms with E-state index in [4.69, 9.17) is 9.47 Å². The summed E-state index contributed by atoms with van der Waals surface area (Å²) in [6.45, 7) is 4.44. The van der Waals surface area contributed by atoms with Crippen molar-refractivity contribution in [2.45, 2.75) is 20.5 Å². The van der Waals surface area contributed by atoms with Gasteiger partial charge in [0, 0.05) is 5.56 Å². The average molecular weight is 237 g/mol. The topological polar surface area (TPSA) is 47.6 Å². The number of esters is 1. The molecule has 0 saturated heterocycles. The Morgan fingerprint density at radius 3 is 2.65 bits per heavy atom. The molecule has 4 nitrogen and oxygen atoms in total. The largest absolute Gasteiger partial charge is 0.496 e. The molecular formula is C13H19NO3. The fourth-order valence-electron chi connectivity index (χ4n) is 1.80. The van der Waals surface area contributed by atoms with Gasteiger partial charge in [0.15, 0.2) is 0 Å². The zero-order valence-corrected chi connectivity index (χ0v) is 10.8. The second kappa shape index (κ2) is 6.25. The van der Waals surface area contributed by atoms with Crippen LogP contribution in [0.1, 0.15) is 16.7 Å². The average Bonchev–Trinajstić information content (AvgIpc) is 2.26. The summed E-state index contributed by atoms with van der Waals surface area (Å²) in [5.74, 6) is 0.515. The Kier molecular flexibility index (Phi) is 4.97. The van der Waals surface area contributed by atoms with Gasteiger partial charge in [0.1, 0.15) is 12.4 Å². The minimum atomic E-state index is -0.270. The predicted molar refractivity (Wildman–Crippen MR) is 66.2 cm³/mol. The van der Waals surface area contributed by atoms with Crippen LogP contribution < -0.4 is 10.1 Å². The Morgan fingerprint density at radius 2 is 2.06 bits per heavy atom. The minimum absolute atomic E-state index is 0.215. The number of rotatable bonds is 5. The SMILES string of the molecule is CNCC(=O)OCc1cc(C)cc(C)c1OC. The van der Waals surface area contributed by atoms with Gasteiger partial charge in [-0.1, -0.05) is 11.6 Å². The molecule has 1 N–H and O–H groups in total. The van der Waals surface area contributed by atoms with Gasteiger partial charge < -0.3 is 14.8 Å². The first-order valence-electron chi connectivity index (χ1n) is 5.52. The van der Waals surface area contributed by atoms with Gasteiger partial charge >= 0.3 is 5.97 Å². The highest BCUT2D eigenvalue weighted by Crippen LogP contribution is 2.25. The molecule has 1 rings (SSSR count). The molecule has 0 atom stereocenters. The normalized spacial score (nSPS) is 10.1. The molecule has 0 heterocycles. The molecule has 0 bridgehead atoms. The van der Waals surface area contributed by atoms with E-state index in [9.17, 15) is 4.79 Å². The molecule has 1 aromatic rings. The van der Waals surface area contributed by atoms with E-state index in [1.165, 1.54) is 0 Å². The number of aryl methyl sites for hydroxylation is 2. The van der Waals surface area contributed by atoms with Crippen LogP contribution in [0.5, 0.6) is 5.75 Å². The number of methoxy groups -OCH3 is 1. The van der Waals surface area contributed by atoms with E-state index in [2.05, 4.69) is 5.32 Å². The van der Waals surface area contributed by atoms with Crippen molar-refractivity contribution < 1.29 is 14.3 Å². The summed E-state index contributed by atoms with van der Waals surface area (Å²) in [6.07, 6.45) is 0. The molecule has 0 aliphatic rings. The van der Waals surface area contributed by atoms with E-state index >= 15 is 0 Å². The van der Waals surface area contributed by atoms with Crippen molar-refractivity contribution in [1.82, 2.24) is 5.32 Å². The Morgan fingerprint density at radius 1 is 1.35 bits per heavy atom. The van der Waals surface area contributed by atoms with E-state index in [1.54, 1.807) is 14.2 Å². The van der Waals surface area contributed by atoms with Crippen LogP contribution in [0.2, 0.25) is 0 Å². The van der Waals surface area contributed by atoms with Gasteiger partial charge in [-0.25, -0.2) is 0 Å². The van der Waals surface area contributed by atoms with Crippen molar-refractivity contribution in [2.24, 2.45) is 0 Å². The number of carbonyl (C=O) groups is 1. The highest BCUT2D eigenvalue weighted by molar-refractivity contribution is 5.71. The van der Waals surface area contributed by atoms with E-state index in [0.717, 1.165) is 22.4 Å². The van der Waals surface area contributed by atoms with Crippen LogP contribution in [0, 0.1) is 13.8 Å². The zero-order valence-electron chi connectivity index (χ0n) is 10.8. The lowest BCUT2D eigenvalue weighted by atomic mass is 10.1. The van der Waals surface area contributed by atoms with Crippen LogP contribution in [0.15, 0.2) is 12.1 Å². The van der Waals surface area contributed by atoms with Crippen LogP contribution in [0.4, 0.5) is 0 Å². The minimum Gasteiger partial charge on any atom is -0.496 e. The molecule has 4 heteroatoms. The standard InChI is InChI=1S/C13H19NO3/c1-9-5-10(2)13(16-4)11(6-9)8-17-12(15)7-14-3/h5-6,14H,7-8H2,1-4H3. The lowest BCUT2D eigenvalue weighted by Gasteiger charge is -2.13. The number of carbonyl (C=O) groups excluding carboxylic acids is 1. The molecule has 0 aliphatic carbocycles. The summed E-state index contributed by atoms with van der Waals surface area (Å²) < 4.78 is 10.5. The number of hydrogen-bond donors (Lipinski definition) is 1. The Bertz CT molecular complexity index is 402. The summed E-state index contributed by atoms with van der Waals surface area (Å²) >= 11 is 0. The smallest absolute Gasteiger partial charge is 0.320 e. The fourth-order valence-corrected chi connectivity index (χ4v) is 1.80. The lowest BCUT2D eigenvalue weighted by Crippen LogP contribution is -2.20. The van der Waals surface area contributed by atoms with Crippen LogP contribution in [-0.4, -0.2) is 26.7 Å². The van der Waals surface area contributed by atoms with Gasteiger partial charge in [0.25, 0.3) is 0 Å². The Balaban J connectivity index is 2.79. The number of ether oxygens (including phenoxy) is 2. The van der Waals surface area contributed by atoms with E-state index in [1.807, 2.05) is 26.0 Å². The first-order valence-corrected chi connectivity index (χ1v) is 5.52. The van der Waals surface area contributed by atoms with Crippen molar-refractivity contribution in [1.29, 1.82) is 0 Å². The molecule has 94 valence electrons. The monoisotopic (exact) mass is 237 g/mol. The van der Waals surface area contributed by atoms with Crippen molar-refractivity contribution in [3.8, 4) is 5.75 Å². The van der Waals surface area contributed by atoms with Crippen LogP contribution in [0.25, 0.3) is 0 Å². The van der Waals surface area contributed by atoms with Crippen LogP contribution in [0.3, 0.4) is 0 Å². The summed E-state index contributed by atoms with van der Waals surface area (Å²) in [6, 6.07) is 4.01. The predicted octanol–water partition coefficient (Wildman–Crippen LogP) is 1.57. The molecule has 0 spiro atoms. The maximum atomic E-state index is 11.3. The number of hydrogen-bond acceptors (Lipinski definition) is 4. The van der Waals surface area contributed by atoms with E-state index in [0.29, 0.717) is 0 Å². The van der Waals surface area contributed by atoms with Gasteiger partial charge in [0.05, 0.1) is 13.7 Å². The fraction of sp³-hybridized carbons (Fsp3) is 0.462. The van der Waals surface area contributed by atoms with Gasteiger partial charge in [-0.05, 0) is 32.5 Å². The second-order valence-electron chi connectivity index (χ2n) is 3.97. The summed E-state index contributed by atoms with van der Waals surface area (Å²) in [7, 11) is 3.33. The third-order valence-electron chi connectivity index (χ3n) is 2.41. The maximum absolute atomic E-state index is 11.3. The summed E-state index contributed by atoms with van der Waals surface area (Å²) in [5.41, 5.74) is 3.07. The lowest BCUT2D eigenvalue weighted by molar-refractivity contribution is -0.143. The molecule has 0 fully saturated rings. The second-order valence-corrected chi connectivity index (χ2v) is 3.97. The van der Waals surface area contributed by atoms with Gasteiger partial charge in [-0.2, -0.15) is 0 Å². The van der Waals surface area contributed by atoms with Crippen LogP contribution in [-0.2, 0) is 16.1 Å². The highest BCUT2D eigenvalue weighted by Gasteiger charge is 2.09. The first-order chi connectivity index (χ1) is 8.08. The molecule has 17 heavy (non-hydrogen) atoms. The quantitative estimate of drug-likeness (QED) is 0.790. The third kappa shape index (κ3) is 3.75. The maximum Gasteiger partial charge on any atom is 0.320 e. The van der Waals surface area contributed by atoms with Crippen molar-refractivity contribution in [3.05, 3.63) is 28.8 Å². The molecule has 0 radical (unpaired) electrons. The zero-order chi connectivity index (χ0) is 12.8. The van der Waals surface area contributed by atoms with Gasteiger partial charge in [0.2, 0.25) is 0 Å². The van der Waals surface area contributed by atoms with Crippen molar-refractivity contribution in [2.75, 3.05) is 20.7 Å². The molecule has 0 amide bonds. The van der Waals surface area contributed by atoms with Gasteiger partial charge in [-0.3, -0.25) is 4.79 Å². The molecule has 0 aliphatic heterocycles. The van der Waals surface area contributed by atoms with Crippen molar-refractivity contribution in [3.63, 3.8) is 0 Å².